The Kier molecular flexibility index (Phi) is 11.5. The second-order valence-corrected chi connectivity index (χ2v) is 8.77. The molecule has 0 aliphatic carbocycles. The third-order valence-electron chi connectivity index (χ3n) is 5.59. The molecule has 0 bridgehead atoms. The molecule has 0 heterocycles. The van der Waals surface area contributed by atoms with Crippen molar-refractivity contribution in [2.45, 2.75) is 66.2 Å². The summed E-state index contributed by atoms with van der Waals surface area (Å²) in [6.45, 7) is 8.90. The van der Waals surface area contributed by atoms with Crippen LogP contribution < -0.4 is 14.2 Å². The third kappa shape index (κ3) is 8.43. The van der Waals surface area contributed by atoms with E-state index in [1.165, 1.54) is 13.2 Å². The Morgan fingerprint density at radius 2 is 1.32 bits per heavy atom. The number of fused-ring (bicyclic) bond motifs is 1. The topological polar surface area (TPSA) is 80.3 Å². The van der Waals surface area contributed by atoms with Crippen molar-refractivity contribution in [3.8, 4) is 17.2 Å². The van der Waals surface area contributed by atoms with Gasteiger partial charge in [0, 0.05) is 16.8 Å². The summed E-state index contributed by atoms with van der Waals surface area (Å²) in [5, 5.41) is 1.13. The van der Waals surface area contributed by atoms with Crippen LogP contribution in [0.3, 0.4) is 0 Å². The van der Waals surface area contributed by atoms with Gasteiger partial charge in [0.05, 0.1) is 20.3 Å². The number of unbranched alkanes of at least 4 members (excludes halogenated alkanes) is 2. The van der Waals surface area contributed by atoms with Crippen LogP contribution >= 0.6 is 0 Å². The van der Waals surface area contributed by atoms with E-state index >= 15 is 0 Å². The van der Waals surface area contributed by atoms with Crippen molar-refractivity contribution in [3.05, 3.63) is 30.3 Å². The van der Waals surface area contributed by atoms with E-state index in [1.54, 1.807) is 24.3 Å². The van der Waals surface area contributed by atoms with Crippen LogP contribution in [-0.2, 0) is 9.47 Å². The predicted octanol–water partition coefficient (Wildman–Crippen LogP) is 7.53. The van der Waals surface area contributed by atoms with Crippen molar-refractivity contribution in [1.82, 2.24) is 0 Å². The molecule has 2 aromatic rings. The molecule has 2 atom stereocenters. The summed E-state index contributed by atoms with van der Waals surface area (Å²) in [5.74, 6) is 1.21. The SMILES string of the molecule is CCCCC(C)COC(=O)Oc1cc(OC)c(OC(=O)OCC(C)CCCC)c2ccccc12. The molecule has 188 valence electrons. The highest BCUT2D eigenvalue weighted by molar-refractivity contribution is 5.97. The molecule has 0 saturated heterocycles. The molecule has 0 fully saturated rings. The summed E-state index contributed by atoms with van der Waals surface area (Å²) >= 11 is 0. The van der Waals surface area contributed by atoms with E-state index in [-0.39, 0.29) is 42.3 Å². The smallest absolute Gasteiger partial charge is 0.493 e. The van der Waals surface area contributed by atoms with Gasteiger partial charge in [-0.15, -0.1) is 0 Å². The molecule has 0 aliphatic heterocycles. The zero-order valence-electron chi connectivity index (χ0n) is 21.1. The number of carbonyl (C=O) groups is 2. The molecule has 0 spiro atoms. The highest BCUT2D eigenvalue weighted by atomic mass is 16.7. The van der Waals surface area contributed by atoms with Crippen molar-refractivity contribution in [2.24, 2.45) is 11.8 Å². The molecule has 0 radical (unpaired) electrons. The summed E-state index contributed by atoms with van der Waals surface area (Å²) in [6, 6.07) is 8.64. The molecule has 7 heteroatoms. The van der Waals surface area contributed by atoms with Gasteiger partial charge in [0.25, 0.3) is 0 Å². The molecular formula is C27H38O7. The normalized spacial score (nSPS) is 12.6. The number of carbonyl (C=O) groups excluding carboxylic acids is 2. The van der Waals surface area contributed by atoms with E-state index in [2.05, 4.69) is 13.8 Å². The van der Waals surface area contributed by atoms with Gasteiger partial charge in [0.1, 0.15) is 5.75 Å². The van der Waals surface area contributed by atoms with Crippen LogP contribution in [0.5, 0.6) is 17.2 Å². The standard InChI is InChI=1S/C27H38O7/c1-6-8-12-19(3)17-31-26(28)33-23-16-24(30-5)25(22-15-11-10-14-21(22)23)34-27(29)32-18-20(4)13-9-7-2/h10-11,14-16,19-20H,6-9,12-13,17-18H2,1-5H3. The van der Waals surface area contributed by atoms with Gasteiger partial charge in [-0.3, -0.25) is 0 Å². The summed E-state index contributed by atoms with van der Waals surface area (Å²) in [5.41, 5.74) is 0. The van der Waals surface area contributed by atoms with E-state index in [1.807, 2.05) is 13.8 Å². The zero-order valence-corrected chi connectivity index (χ0v) is 21.1. The molecule has 2 rings (SSSR count). The second kappa shape index (κ2) is 14.3. The number of hydrogen-bond acceptors (Lipinski definition) is 7. The maximum Gasteiger partial charge on any atom is 0.514 e. The molecule has 34 heavy (non-hydrogen) atoms. The fourth-order valence-corrected chi connectivity index (χ4v) is 3.56. The van der Waals surface area contributed by atoms with Gasteiger partial charge in [-0.1, -0.05) is 77.6 Å². The Balaban J connectivity index is 2.14. The van der Waals surface area contributed by atoms with Gasteiger partial charge in [-0.2, -0.15) is 0 Å². The predicted molar refractivity (Wildman–Crippen MR) is 132 cm³/mol. The Morgan fingerprint density at radius 1 is 0.794 bits per heavy atom. The quantitative estimate of drug-likeness (QED) is 0.219. The van der Waals surface area contributed by atoms with Gasteiger partial charge in [-0.25, -0.2) is 9.59 Å². The van der Waals surface area contributed by atoms with Gasteiger partial charge >= 0.3 is 12.3 Å². The molecule has 0 saturated carbocycles. The number of benzene rings is 2. The highest BCUT2D eigenvalue weighted by Crippen LogP contribution is 2.41. The maximum absolute atomic E-state index is 12.4. The average molecular weight is 475 g/mol. The number of methoxy groups -OCH3 is 1. The van der Waals surface area contributed by atoms with Crippen molar-refractivity contribution in [3.63, 3.8) is 0 Å². The monoisotopic (exact) mass is 474 g/mol. The summed E-state index contributed by atoms with van der Waals surface area (Å²) in [4.78, 5) is 24.7. The average Bonchev–Trinajstić information content (AvgIpc) is 2.84. The Bertz CT molecular complexity index is 925. The molecule has 2 unspecified atom stereocenters. The molecular weight excluding hydrogens is 436 g/mol. The Labute approximate surface area is 202 Å². The minimum atomic E-state index is -0.805. The zero-order chi connectivity index (χ0) is 24.9. The minimum Gasteiger partial charge on any atom is -0.493 e. The van der Waals surface area contributed by atoms with Crippen molar-refractivity contribution in [1.29, 1.82) is 0 Å². The lowest BCUT2D eigenvalue weighted by Crippen LogP contribution is -2.17. The van der Waals surface area contributed by atoms with Crippen LogP contribution in [0.15, 0.2) is 30.3 Å². The highest BCUT2D eigenvalue weighted by Gasteiger charge is 2.21. The van der Waals surface area contributed by atoms with Crippen molar-refractivity contribution in [2.75, 3.05) is 20.3 Å². The third-order valence-corrected chi connectivity index (χ3v) is 5.59. The van der Waals surface area contributed by atoms with Crippen LogP contribution in [0.4, 0.5) is 9.59 Å². The van der Waals surface area contributed by atoms with Crippen molar-refractivity contribution < 1.29 is 33.3 Å². The first-order valence-electron chi connectivity index (χ1n) is 12.2. The van der Waals surface area contributed by atoms with Gasteiger partial charge in [-0.05, 0) is 24.7 Å². The molecule has 2 aromatic carbocycles. The van der Waals surface area contributed by atoms with E-state index in [0.29, 0.717) is 10.8 Å². The van der Waals surface area contributed by atoms with E-state index in [9.17, 15) is 9.59 Å². The maximum atomic E-state index is 12.4. The molecule has 0 aliphatic rings. The van der Waals surface area contributed by atoms with Crippen LogP contribution in [0, 0.1) is 11.8 Å². The van der Waals surface area contributed by atoms with E-state index in [0.717, 1.165) is 38.5 Å². The largest absolute Gasteiger partial charge is 0.514 e. The molecule has 0 amide bonds. The van der Waals surface area contributed by atoms with Crippen LogP contribution in [0.2, 0.25) is 0 Å². The first-order valence-corrected chi connectivity index (χ1v) is 12.2. The van der Waals surface area contributed by atoms with Crippen LogP contribution in [0.1, 0.15) is 66.2 Å². The van der Waals surface area contributed by atoms with Crippen LogP contribution in [-0.4, -0.2) is 32.6 Å². The summed E-state index contributed by atoms with van der Waals surface area (Å²) < 4.78 is 27.0. The number of hydrogen-bond donors (Lipinski definition) is 0. The summed E-state index contributed by atoms with van der Waals surface area (Å²) in [6.07, 6.45) is 4.74. The first kappa shape index (κ1) is 27.3. The minimum absolute atomic E-state index is 0.207. The summed E-state index contributed by atoms with van der Waals surface area (Å²) in [7, 11) is 1.45. The Morgan fingerprint density at radius 3 is 1.85 bits per heavy atom. The van der Waals surface area contributed by atoms with Crippen LogP contribution in [0.25, 0.3) is 10.8 Å². The van der Waals surface area contributed by atoms with Gasteiger partial charge in [0.2, 0.25) is 0 Å². The lowest BCUT2D eigenvalue weighted by molar-refractivity contribution is 0.0826. The fourth-order valence-electron chi connectivity index (χ4n) is 3.56. The fraction of sp³-hybridized carbons (Fsp3) is 0.556. The lowest BCUT2D eigenvalue weighted by Gasteiger charge is -2.16. The van der Waals surface area contributed by atoms with Gasteiger partial charge < -0.3 is 23.7 Å². The first-order chi connectivity index (χ1) is 16.4. The number of ether oxygens (including phenoxy) is 5. The van der Waals surface area contributed by atoms with E-state index in [4.69, 9.17) is 23.7 Å². The van der Waals surface area contributed by atoms with Crippen molar-refractivity contribution >= 4 is 23.1 Å². The van der Waals surface area contributed by atoms with Gasteiger partial charge in [0.15, 0.2) is 11.5 Å². The molecule has 7 nitrogen and oxygen atoms in total. The van der Waals surface area contributed by atoms with E-state index < -0.39 is 12.3 Å². The lowest BCUT2D eigenvalue weighted by atomic mass is 10.1. The molecule has 0 N–H and O–H groups in total. The molecule has 0 aromatic heterocycles. The number of rotatable bonds is 13. The second-order valence-electron chi connectivity index (χ2n) is 8.77. The Hall–Kier alpha value is -2.96.